The number of aliphatic hydroxyl groups is 1. The number of unbranched alkanes of at least 4 members (excludes halogenated alkanes) is 1. The highest BCUT2D eigenvalue weighted by molar-refractivity contribution is 5.93. The van der Waals surface area contributed by atoms with E-state index >= 15 is 0 Å². The van der Waals surface area contributed by atoms with Crippen molar-refractivity contribution < 1.29 is 19.3 Å². The molecule has 1 fully saturated rings. The minimum atomic E-state index is 0.208. The van der Waals surface area contributed by atoms with E-state index in [4.69, 9.17) is 19.3 Å². The predicted octanol–water partition coefficient (Wildman–Crippen LogP) is 2.77. The fraction of sp³-hybridized carbons (Fsp3) is 0.412. The summed E-state index contributed by atoms with van der Waals surface area (Å²) in [4.78, 5) is 0. The van der Waals surface area contributed by atoms with Gasteiger partial charge in [-0.2, -0.15) is 0 Å². The lowest BCUT2D eigenvalue weighted by Crippen LogP contribution is -2.05. The number of fused-ring (bicyclic) bond motifs is 1. The van der Waals surface area contributed by atoms with Crippen molar-refractivity contribution in [2.45, 2.75) is 18.9 Å². The fourth-order valence-electron chi connectivity index (χ4n) is 2.24. The summed E-state index contributed by atoms with van der Waals surface area (Å²) in [6, 6.07) is 12.0. The van der Waals surface area contributed by atoms with Crippen LogP contribution in [0, 0.1) is 0 Å². The Balaban J connectivity index is 1.76. The summed E-state index contributed by atoms with van der Waals surface area (Å²) in [5.74, 6) is 1.72. The summed E-state index contributed by atoms with van der Waals surface area (Å²) < 4.78 is 16.8. The number of hydrogen-bond donors (Lipinski definition) is 1. The molecule has 1 aliphatic heterocycles. The van der Waals surface area contributed by atoms with Gasteiger partial charge in [-0.15, -0.1) is 0 Å². The quantitative estimate of drug-likeness (QED) is 0.599. The van der Waals surface area contributed by atoms with Crippen LogP contribution in [-0.4, -0.2) is 37.6 Å². The van der Waals surface area contributed by atoms with Crippen LogP contribution in [0.25, 0.3) is 10.8 Å². The lowest BCUT2D eigenvalue weighted by atomic mass is 10.1. The fourth-order valence-corrected chi connectivity index (χ4v) is 2.24. The average Bonchev–Trinajstić information content (AvgIpc) is 3.34. The van der Waals surface area contributed by atoms with Crippen LogP contribution in [0.4, 0.5) is 0 Å². The summed E-state index contributed by atoms with van der Waals surface area (Å²) in [5.41, 5.74) is 0. The van der Waals surface area contributed by atoms with Crippen molar-refractivity contribution in [3.8, 4) is 11.5 Å². The molecule has 4 heteroatoms. The number of hydrogen-bond acceptors (Lipinski definition) is 4. The van der Waals surface area contributed by atoms with Gasteiger partial charge in [-0.05, 0) is 25.0 Å². The Morgan fingerprint density at radius 1 is 1.00 bits per heavy atom. The van der Waals surface area contributed by atoms with Crippen molar-refractivity contribution in [1.29, 1.82) is 0 Å². The molecule has 0 radical (unpaired) electrons. The van der Waals surface area contributed by atoms with E-state index < -0.39 is 0 Å². The van der Waals surface area contributed by atoms with Crippen molar-refractivity contribution in [2.24, 2.45) is 0 Å². The molecule has 0 saturated carbocycles. The summed E-state index contributed by atoms with van der Waals surface area (Å²) in [6.07, 6.45) is 1.86. The molecule has 1 atom stereocenters. The molecule has 1 aliphatic rings. The molecule has 0 aliphatic carbocycles. The SMILES string of the molecule is OCCCCOc1ccc(OCC2CO2)c2ccccc12. The van der Waals surface area contributed by atoms with Crippen LogP contribution in [0.5, 0.6) is 11.5 Å². The zero-order chi connectivity index (χ0) is 14.5. The van der Waals surface area contributed by atoms with Gasteiger partial charge in [-0.3, -0.25) is 0 Å². The second-order valence-corrected chi connectivity index (χ2v) is 5.15. The largest absolute Gasteiger partial charge is 0.493 e. The molecule has 3 rings (SSSR count). The van der Waals surface area contributed by atoms with Crippen LogP contribution >= 0.6 is 0 Å². The number of rotatable bonds is 8. The van der Waals surface area contributed by atoms with E-state index in [9.17, 15) is 0 Å². The van der Waals surface area contributed by atoms with Gasteiger partial charge >= 0.3 is 0 Å². The summed E-state index contributed by atoms with van der Waals surface area (Å²) in [5, 5.41) is 10.9. The molecule has 1 heterocycles. The number of epoxide rings is 1. The maximum Gasteiger partial charge on any atom is 0.127 e. The Morgan fingerprint density at radius 3 is 2.29 bits per heavy atom. The number of ether oxygens (including phenoxy) is 3. The summed E-state index contributed by atoms with van der Waals surface area (Å²) in [7, 11) is 0. The highest BCUT2D eigenvalue weighted by atomic mass is 16.6. The molecule has 21 heavy (non-hydrogen) atoms. The van der Waals surface area contributed by atoms with Crippen molar-refractivity contribution in [3.63, 3.8) is 0 Å². The van der Waals surface area contributed by atoms with Crippen molar-refractivity contribution in [2.75, 3.05) is 26.4 Å². The van der Waals surface area contributed by atoms with Gasteiger partial charge in [-0.25, -0.2) is 0 Å². The second-order valence-electron chi connectivity index (χ2n) is 5.15. The van der Waals surface area contributed by atoms with Gasteiger partial charge in [0.15, 0.2) is 0 Å². The second kappa shape index (κ2) is 6.78. The first-order valence-corrected chi connectivity index (χ1v) is 7.38. The molecule has 1 saturated heterocycles. The van der Waals surface area contributed by atoms with Crippen molar-refractivity contribution >= 4 is 10.8 Å². The monoisotopic (exact) mass is 288 g/mol. The van der Waals surface area contributed by atoms with E-state index in [0.717, 1.165) is 41.7 Å². The normalized spacial score (nSPS) is 16.9. The van der Waals surface area contributed by atoms with E-state index in [1.165, 1.54) is 0 Å². The first-order chi connectivity index (χ1) is 10.4. The summed E-state index contributed by atoms with van der Waals surface area (Å²) in [6.45, 7) is 2.21. The van der Waals surface area contributed by atoms with Gasteiger partial charge in [0.2, 0.25) is 0 Å². The van der Waals surface area contributed by atoms with Gasteiger partial charge in [0.1, 0.15) is 24.2 Å². The van der Waals surface area contributed by atoms with Crippen molar-refractivity contribution in [3.05, 3.63) is 36.4 Å². The molecule has 0 amide bonds. The van der Waals surface area contributed by atoms with Crippen molar-refractivity contribution in [1.82, 2.24) is 0 Å². The standard InChI is InChI=1S/C17H20O4/c18-9-3-4-10-19-16-7-8-17(21-12-13-11-20-13)15-6-2-1-5-14(15)16/h1-2,5-8,13,18H,3-4,9-12H2. The topological polar surface area (TPSA) is 51.2 Å². The first-order valence-electron chi connectivity index (χ1n) is 7.38. The van der Waals surface area contributed by atoms with E-state index in [0.29, 0.717) is 13.2 Å². The first kappa shape index (κ1) is 14.2. The third kappa shape index (κ3) is 3.65. The molecule has 4 nitrogen and oxygen atoms in total. The smallest absolute Gasteiger partial charge is 0.127 e. The van der Waals surface area contributed by atoms with Crippen LogP contribution < -0.4 is 9.47 Å². The van der Waals surface area contributed by atoms with Gasteiger partial charge in [0.05, 0.1) is 13.2 Å². The maximum atomic E-state index is 8.80. The lowest BCUT2D eigenvalue weighted by Gasteiger charge is -2.13. The van der Waals surface area contributed by atoms with E-state index in [-0.39, 0.29) is 12.7 Å². The van der Waals surface area contributed by atoms with Crippen LogP contribution in [0.15, 0.2) is 36.4 Å². The van der Waals surface area contributed by atoms with Crippen LogP contribution in [0.1, 0.15) is 12.8 Å². The van der Waals surface area contributed by atoms with Gasteiger partial charge in [-0.1, -0.05) is 24.3 Å². The molecule has 2 aromatic carbocycles. The molecular formula is C17H20O4. The third-order valence-corrected chi connectivity index (χ3v) is 3.48. The lowest BCUT2D eigenvalue weighted by molar-refractivity contribution is 0.253. The number of benzene rings is 2. The van der Waals surface area contributed by atoms with E-state index in [2.05, 4.69) is 0 Å². The minimum absolute atomic E-state index is 0.208. The molecule has 112 valence electrons. The Bertz CT molecular complexity index is 592. The molecule has 1 unspecified atom stereocenters. The van der Waals surface area contributed by atoms with Crippen LogP contribution in [-0.2, 0) is 4.74 Å². The zero-order valence-electron chi connectivity index (χ0n) is 12.0. The highest BCUT2D eigenvalue weighted by Crippen LogP contribution is 2.33. The average molecular weight is 288 g/mol. The molecule has 2 aromatic rings. The van der Waals surface area contributed by atoms with E-state index in [1.807, 2.05) is 36.4 Å². The van der Waals surface area contributed by atoms with E-state index in [1.54, 1.807) is 0 Å². The summed E-state index contributed by atoms with van der Waals surface area (Å²) >= 11 is 0. The van der Waals surface area contributed by atoms with Crippen LogP contribution in [0.2, 0.25) is 0 Å². The number of aliphatic hydroxyl groups excluding tert-OH is 1. The molecular weight excluding hydrogens is 268 g/mol. The highest BCUT2D eigenvalue weighted by Gasteiger charge is 2.23. The van der Waals surface area contributed by atoms with Crippen LogP contribution in [0.3, 0.4) is 0 Å². The third-order valence-electron chi connectivity index (χ3n) is 3.48. The molecule has 0 bridgehead atoms. The van der Waals surface area contributed by atoms with Gasteiger partial charge in [0, 0.05) is 17.4 Å². The maximum absolute atomic E-state index is 8.80. The minimum Gasteiger partial charge on any atom is -0.493 e. The Kier molecular flexibility index (Phi) is 4.58. The Morgan fingerprint density at radius 2 is 1.67 bits per heavy atom. The predicted molar refractivity (Wildman–Crippen MR) is 81.0 cm³/mol. The molecule has 1 N–H and O–H groups in total. The Hall–Kier alpha value is -1.78. The zero-order valence-corrected chi connectivity index (χ0v) is 12.0. The molecule has 0 aromatic heterocycles. The molecule has 0 spiro atoms. The Labute approximate surface area is 124 Å². The van der Waals surface area contributed by atoms with Gasteiger partial charge < -0.3 is 19.3 Å². The van der Waals surface area contributed by atoms with Gasteiger partial charge in [0.25, 0.3) is 0 Å².